The average Bonchev–Trinajstić information content (AvgIpc) is 2.46. The zero-order valence-corrected chi connectivity index (χ0v) is 13.4. The van der Waals surface area contributed by atoms with Crippen LogP contribution < -0.4 is 5.32 Å². The van der Waals surface area contributed by atoms with E-state index in [0.29, 0.717) is 0 Å². The molecular formula is C15H26N2O2S. The van der Waals surface area contributed by atoms with Crippen LogP contribution in [-0.4, -0.2) is 46.3 Å². The molecule has 1 saturated carbocycles. The second-order valence-electron chi connectivity index (χ2n) is 5.83. The highest BCUT2D eigenvalue weighted by atomic mass is 32.2. The fourth-order valence-electron chi connectivity index (χ4n) is 3.39. The van der Waals surface area contributed by atoms with E-state index in [9.17, 15) is 9.59 Å². The Morgan fingerprint density at radius 3 is 2.65 bits per heavy atom. The van der Waals surface area contributed by atoms with Gasteiger partial charge in [0.2, 0.25) is 11.8 Å². The minimum atomic E-state index is -0.543. The first-order valence-electron chi connectivity index (χ1n) is 7.82. The molecule has 1 heterocycles. The average molecular weight is 298 g/mol. The van der Waals surface area contributed by atoms with Crippen molar-refractivity contribution in [2.24, 2.45) is 0 Å². The quantitative estimate of drug-likeness (QED) is 0.792. The predicted molar refractivity (Wildman–Crippen MR) is 82.7 cm³/mol. The highest BCUT2D eigenvalue weighted by Crippen LogP contribution is 2.36. The lowest BCUT2D eigenvalue weighted by Crippen LogP contribution is -2.70. The normalized spacial score (nSPS) is 25.9. The van der Waals surface area contributed by atoms with Crippen LogP contribution in [0.3, 0.4) is 0 Å². The van der Waals surface area contributed by atoms with Crippen molar-refractivity contribution in [1.82, 2.24) is 10.2 Å². The third kappa shape index (κ3) is 2.97. The molecule has 2 aliphatic rings. The second kappa shape index (κ2) is 6.83. The summed E-state index contributed by atoms with van der Waals surface area (Å²) in [5.41, 5.74) is -0.543. The summed E-state index contributed by atoms with van der Waals surface area (Å²) in [4.78, 5) is 26.9. The Balaban J connectivity index is 2.11. The molecule has 0 aromatic carbocycles. The van der Waals surface area contributed by atoms with E-state index in [1.165, 1.54) is 6.42 Å². The van der Waals surface area contributed by atoms with Gasteiger partial charge in [-0.2, -0.15) is 11.8 Å². The summed E-state index contributed by atoms with van der Waals surface area (Å²) in [6.45, 7) is 4.67. The summed E-state index contributed by atoms with van der Waals surface area (Å²) in [5, 5.41) is 2.89. The van der Waals surface area contributed by atoms with Gasteiger partial charge in [-0.1, -0.05) is 26.2 Å². The van der Waals surface area contributed by atoms with Crippen molar-refractivity contribution in [2.45, 2.75) is 64.0 Å². The van der Waals surface area contributed by atoms with Gasteiger partial charge in [-0.15, -0.1) is 0 Å². The lowest BCUT2D eigenvalue weighted by molar-refractivity contribution is -0.159. The minimum absolute atomic E-state index is 0.0763. The topological polar surface area (TPSA) is 49.4 Å². The van der Waals surface area contributed by atoms with Gasteiger partial charge >= 0.3 is 0 Å². The van der Waals surface area contributed by atoms with Gasteiger partial charge in [-0.3, -0.25) is 9.59 Å². The molecular weight excluding hydrogens is 272 g/mol. The molecule has 1 aliphatic carbocycles. The number of amides is 2. The van der Waals surface area contributed by atoms with Crippen LogP contribution >= 0.6 is 11.8 Å². The van der Waals surface area contributed by atoms with Crippen LogP contribution in [-0.2, 0) is 9.59 Å². The number of nitrogens with one attached hydrogen (secondary N) is 1. The van der Waals surface area contributed by atoms with Crippen LogP contribution in [0.25, 0.3) is 0 Å². The number of carbonyl (C=O) groups is 2. The second-order valence-corrected chi connectivity index (χ2v) is 7.22. The van der Waals surface area contributed by atoms with Gasteiger partial charge in [0.25, 0.3) is 0 Å². The van der Waals surface area contributed by atoms with E-state index < -0.39 is 5.54 Å². The summed E-state index contributed by atoms with van der Waals surface area (Å²) < 4.78 is 0. The summed E-state index contributed by atoms with van der Waals surface area (Å²) >= 11 is 1.90. The number of piperazine rings is 1. The molecule has 1 unspecified atom stereocenters. The molecule has 4 nitrogen and oxygen atoms in total. The Labute approximate surface area is 126 Å². The monoisotopic (exact) mass is 298 g/mol. The molecule has 0 bridgehead atoms. The van der Waals surface area contributed by atoms with Crippen molar-refractivity contribution in [2.75, 3.05) is 18.1 Å². The third-order valence-electron chi connectivity index (χ3n) is 4.48. The molecule has 1 spiro atoms. The van der Waals surface area contributed by atoms with Crippen LogP contribution in [0, 0.1) is 0 Å². The first kappa shape index (κ1) is 15.7. The molecule has 2 fully saturated rings. The van der Waals surface area contributed by atoms with Gasteiger partial charge in [-0.25, -0.2) is 0 Å². The van der Waals surface area contributed by atoms with Gasteiger partial charge in [0.1, 0.15) is 11.6 Å². The molecule has 5 heteroatoms. The third-order valence-corrected chi connectivity index (χ3v) is 5.46. The molecule has 20 heavy (non-hydrogen) atoms. The van der Waals surface area contributed by atoms with E-state index >= 15 is 0 Å². The van der Waals surface area contributed by atoms with Gasteiger partial charge in [-0.05, 0) is 37.7 Å². The smallest absolute Gasteiger partial charge is 0.246 e. The van der Waals surface area contributed by atoms with Crippen molar-refractivity contribution in [3.63, 3.8) is 0 Å². The lowest BCUT2D eigenvalue weighted by Gasteiger charge is -2.49. The van der Waals surface area contributed by atoms with Gasteiger partial charge in [0.15, 0.2) is 0 Å². The molecule has 114 valence electrons. The zero-order valence-electron chi connectivity index (χ0n) is 12.6. The minimum Gasteiger partial charge on any atom is -0.343 e. The van der Waals surface area contributed by atoms with E-state index in [4.69, 9.17) is 0 Å². The van der Waals surface area contributed by atoms with Crippen molar-refractivity contribution in [3.8, 4) is 0 Å². The lowest BCUT2D eigenvalue weighted by atomic mass is 9.77. The number of hydrogen-bond donors (Lipinski definition) is 1. The maximum absolute atomic E-state index is 12.5. The number of rotatable bonds is 5. The Kier molecular flexibility index (Phi) is 5.35. The highest BCUT2D eigenvalue weighted by molar-refractivity contribution is 7.99. The molecule has 2 amide bonds. The van der Waals surface area contributed by atoms with Crippen molar-refractivity contribution < 1.29 is 9.59 Å². The summed E-state index contributed by atoms with van der Waals surface area (Å²) in [6, 6.07) is -0.367. The molecule has 0 aromatic heterocycles. The summed E-state index contributed by atoms with van der Waals surface area (Å²) in [7, 11) is 0. The van der Waals surface area contributed by atoms with E-state index in [1.807, 2.05) is 16.7 Å². The number of thioether (sulfide) groups is 1. The first-order chi connectivity index (χ1) is 9.62. The fourth-order valence-corrected chi connectivity index (χ4v) is 4.01. The molecule has 1 aliphatic heterocycles. The predicted octanol–water partition coefficient (Wildman–Crippen LogP) is 2.18. The molecule has 0 radical (unpaired) electrons. The van der Waals surface area contributed by atoms with E-state index in [1.54, 1.807) is 6.92 Å². The van der Waals surface area contributed by atoms with E-state index in [2.05, 4.69) is 12.2 Å². The maximum Gasteiger partial charge on any atom is 0.246 e. The molecule has 2 rings (SSSR count). The van der Waals surface area contributed by atoms with Crippen molar-refractivity contribution in [1.29, 1.82) is 0 Å². The van der Waals surface area contributed by atoms with Gasteiger partial charge < -0.3 is 10.2 Å². The summed E-state index contributed by atoms with van der Waals surface area (Å²) in [6.07, 6.45) is 5.92. The van der Waals surface area contributed by atoms with Crippen LogP contribution in [0.1, 0.15) is 52.4 Å². The fraction of sp³-hybridized carbons (Fsp3) is 0.867. The largest absolute Gasteiger partial charge is 0.343 e. The molecule has 0 aromatic rings. The van der Waals surface area contributed by atoms with Crippen molar-refractivity contribution >= 4 is 23.6 Å². The number of carbonyl (C=O) groups excluding carboxylic acids is 2. The SMILES string of the molecule is CCSCCCN1C(=O)C(C)NC(=O)C12CCCCC2. The first-order valence-corrected chi connectivity index (χ1v) is 8.97. The Hall–Kier alpha value is -0.710. The van der Waals surface area contributed by atoms with E-state index in [-0.39, 0.29) is 17.9 Å². The van der Waals surface area contributed by atoms with Gasteiger partial charge in [0.05, 0.1) is 0 Å². The standard InChI is InChI=1S/C15H26N2O2S/c1-3-20-11-7-10-17-13(18)12(2)16-14(19)15(17)8-5-4-6-9-15/h12H,3-11H2,1-2H3,(H,16,19). The number of nitrogens with zero attached hydrogens (tertiary/aromatic N) is 1. The van der Waals surface area contributed by atoms with Crippen LogP contribution in [0.2, 0.25) is 0 Å². The Bertz CT molecular complexity index is 367. The van der Waals surface area contributed by atoms with Crippen molar-refractivity contribution in [3.05, 3.63) is 0 Å². The zero-order chi connectivity index (χ0) is 14.6. The number of hydrogen-bond acceptors (Lipinski definition) is 3. The summed E-state index contributed by atoms with van der Waals surface area (Å²) in [5.74, 6) is 2.35. The van der Waals surface area contributed by atoms with Crippen LogP contribution in [0.15, 0.2) is 0 Å². The van der Waals surface area contributed by atoms with E-state index in [0.717, 1.165) is 50.2 Å². The van der Waals surface area contributed by atoms with Crippen LogP contribution in [0.4, 0.5) is 0 Å². The Morgan fingerprint density at radius 2 is 2.00 bits per heavy atom. The Morgan fingerprint density at radius 1 is 1.30 bits per heavy atom. The maximum atomic E-state index is 12.5. The molecule has 1 atom stereocenters. The molecule has 1 N–H and O–H groups in total. The molecule has 1 saturated heterocycles. The van der Waals surface area contributed by atoms with Crippen LogP contribution in [0.5, 0.6) is 0 Å². The highest BCUT2D eigenvalue weighted by Gasteiger charge is 2.51. The van der Waals surface area contributed by atoms with Gasteiger partial charge in [0, 0.05) is 6.54 Å².